The van der Waals surface area contributed by atoms with Crippen LogP contribution in [0.5, 0.6) is 5.75 Å². The highest BCUT2D eigenvalue weighted by Gasteiger charge is 2.09. The van der Waals surface area contributed by atoms with Gasteiger partial charge in [-0.3, -0.25) is 0 Å². The summed E-state index contributed by atoms with van der Waals surface area (Å²) in [6.07, 6.45) is 5.33. The molecule has 0 N–H and O–H groups in total. The molecule has 1 saturated heterocycles. The first-order valence-electron chi connectivity index (χ1n) is 6.24. The van der Waals surface area contributed by atoms with Gasteiger partial charge in [0.1, 0.15) is 5.75 Å². The SMILES string of the molecule is COc1ccc(CCN2CCCCC2)cc1. The Kier molecular flexibility index (Phi) is 4.23. The Morgan fingerprint density at radius 2 is 1.75 bits per heavy atom. The first-order valence-corrected chi connectivity index (χ1v) is 6.24. The van der Waals surface area contributed by atoms with Crippen LogP contribution in [0.3, 0.4) is 0 Å². The molecule has 0 unspecified atom stereocenters. The van der Waals surface area contributed by atoms with Crippen LogP contribution >= 0.6 is 0 Å². The summed E-state index contributed by atoms with van der Waals surface area (Å²) >= 11 is 0. The quantitative estimate of drug-likeness (QED) is 0.772. The fourth-order valence-electron chi connectivity index (χ4n) is 2.26. The second kappa shape index (κ2) is 5.90. The van der Waals surface area contributed by atoms with Crippen LogP contribution in [0.2, 0.25) is 0 Å². The summed E-state index contributed by atoms with van der Waals surface area (Å²) in [5.41, 5.74) is 1.41. The van der Waals surface area contributed by atoms with Gasteiger partial charge in [-0.2, -0.15) is 0 Å². The molecule has 1 fully saturated rings. The van der Waals surface area contributed by atoms with Crippen molar-refractivity contribution in [2.75, 3.05) is 26.7 Å². The van der Waals surface area contributed by atoms with Crippen LogP contribution in [0.25, 0.3) is 0 Å². The molecular weight excluding hydrogens is 198 g/mol. The predicted octanol–water partition coefficient (Wildman–Crippen LogP) is 2.72. The molecule has 0 spiro atoms. The molecule has 0 aliphatic carbocycles. The zero-order valence-corrected chi connectivity index (χ0v) is 10.1. The van der Waals surface area contributed by atoms with Crippen molar-refractivity contribution in [3.05, 3.63) is 29.8 Å². The monoisotopic (exact) mass is 219 g/mol. The highest BCUT2D eigenvalue weighted by atomic mass is 16.5. The molecule has 1 aromatic carbocycles. The Morgan fingerprint density at radius 3 is 2.38 bits per heavy atom. The Labute approximate surface area is 98.2 Å². The van der Waals surface area contributed by atoms with E-state index in [-0.39, 0.29) is 0 Å². The van der Waals surface area contributed by atoms with Crippen LogP contribution in [-0.2, 0) is 6.42 Å². The molecule has 1 aromatic rings. The van der Waals surface area contributed by atoms with Crippen LogP contribution in [-0.4, -0.2) is 31.6 Å². The van der Waals surface area contributed by atoms with Crippen LogP contribution < -0.4 is 4.74 Å². The molecule has 1 aliphatic heterocycles. The maximum absolute atomic E-state index is 5.15. The van der Waals surface area contributed by atoms with Crippen molar-refractivity contribution in [2.45, 2.75) is 25.7 Å². The average Bonchev–Trinajstić information content (AvgIpc) is 2.38. The normalized spacial score (nSPS) is 17.3. The summed E-state index contributed by atoms with van der Waals surface area (Å²) in [5, 5.41) is 0. The van der Waals surface area contributed by atoms with Crippen molar-refractivity contribution in [3.8, 4) is 5.75 Å². The van der Waals surface area contributed by atoms with Gasteiger partial charge in [0.05, 0.1) is 7.11 Å². The number of likely N-dealkylation sites (tertiary alicyclic amines) is 1. The summed E-state index contributed by atoms with van der Waals surface area (Å²) in [7, 11) is 1.71. The molecule has 2 rings (SSSR count). The van der Waals surface area contributed by atoms with Crippen LogP contribution in [0, 0.1) is 0 Å². The zero-order chi connectivity index (χ0) is 11.2. The third-order valence-corrected chi connectivity index (χ3v) is 3.32. The van der Waals surface area contributed by atoms with Crippen LogP contribution in [0.4, 0.5) is 0 Å². The molecule has 0 saturated carbocycles. The summed E-state index contributed by atoms with van der Waals surface area (Å²) in [4.78, 5) is 2.58. The Bertz CT molecular complexity index is 301. The number of methoxy groups -OCH3 is 1. The Morgan fingerprint density at radius 1 is 1.06 bits per heavy atom. The molecule has 88 valence electrons. The summed E-state index contributed by atoms with van der Waals surface area (Å²) in [6, 6.07) is 8.43. The molecule has 2 nitrogen and oxygen atoms in total. The fourth-order valence-corrected chi connectivity index (χ4v) is 2.26. The first-order chi connectivity index (χ1) is 7.88. The fraction of sp³-hybridized carbons (Fsp3) is 0.571. The molecule has 0 radical (unpaired) electrons. The van der Waals surface area contributed by atoms with E-state index in [4.69, 9.17) is 4.74 Å². The topological polar surface area (TPSA) is 12.5 Å². The minimum atomic E-state index is 0.946. The molecule has 2 heteroatoms. The summed E-state index contributed by atoms with van der Waals surface area (Å²) in [6.45, 7) is 3.78. The number of rotatable bonds is 4. The number of hydrogen-bond donors (Lipinski definition) is 0. The maximum atomic E-state index is 5.15. The standard InChI is InChI=1S/C14H21NO/c1-16-14-7-5-13(6-8-14)9-12-15-10-3-2-4-11-15/h5-8H,2-4,9-12H2,1H3. The van der Waals surface area contributed by atoms with Gasteiger partial charge in [-0.05, 0) is 50.0 Å². The van der Waals surface area contributed by atoms with Gasteiger partial charge in [0.25, 0.3) is 0 Å². The smallest absolute Gasteiger partial charge is 0.118 e. The Balaban J connectivity index is 1.79. The van der Waals surface area contributed by atoms with E-state index in [2.05, 4.69) is 17.0 Å². The lowest BCUT2D eigenvalue weighted by Gasteiger charge is -2.26. The molecule has 0 aromatic heterocycles. The molecule has 1 aliphatic rings. The van der Waals surface area contributed by atoms with Gasteiger partial charge in [0.2, 0.25) is 0 Å². The number of benzene rings is 1. The van der Waals surface area contributed by atoms with E-state index in [1.54, 1.807) is 7.11 Å². The van der Waals surface area contributed by atoms with Gasteiger partial charge in [0.15, 0.2) is 0 Å². The van der Waals surface area contributed by atoms with Crippen molar-refractivity contribution < 1.29 is 4.74 Å². The molecule has 0 bridgehead atoms. The second-order valence-electron chi connectivity index (χ2n) is 4.50. The van der Waals surface area contributed by atoms with Crippen molar-refractivity contribution in [2.24, 2.45) is 0 Å². The zero-order valence-electron chi connectivity index (χ0n) is 10.1. The average molecular weight is 219 g/mol. The van der Waals surface area contributed by atoms with Gasteiger partial charge in [0, 0.05) is 6.54 Å². The summed E-state index contributed by atoms with van der Waals surface area (Å²) in [5.74, 6) is 0.946. The van der Waals surface area contributed by atoms with Gasteiger partial charge < -0.3 is 9.64 Å². The third-order valence-electron chi connectivity index (χ3n) is 3.32. The van der Waals surface area contributed by atoms with Gasteiger partial charge in [-0.25, -0.2) is 0 Å². The number of nitrogens with zero attached hydrogens (tertiary/aromatic N) is 1. The minimum absolute atomic E-state index is 0.946. The van der Waals surface area contributed by atoms with E-state index in [1.165, 1.54) is 44.5 Å². The molecular formula is C14H21NO. The number of ether oxygens (including phenoxy) is 1. The largest absolute Gasteiger partial charge is 0.497 e. The molecule has 1 heterocycles. The molecule has 0 amide bonds. The van der Waals surface area contributed by atoms with E-state index in [0.29, 0.717) is 0 Å². The predicted molar refractivity (Wildman–Crippen MR) is 67.0 cm³/mol. The van der Waals surface area contributed by atoms with E-state index >= 15 is 0 Å². The van der Waals surface area contributed by atoms with Crippen molar-refractivity contribution >= 4 is 0 Å². The maximum Gasteiger partial charge on any atom is 0.118 e. The van der Waals surface area contributed by atoms with Crippen molar-refractivity contribution in [1.29, 1.82) is 0 Å². The van der Waals surface area contributed by atoms with Crippen molar-refractivity contribution in [1.82, 2.24) is 4.90 Å². The van der Waals surface area contributed by atoms with Gasteiger partial charge >= 0.3 is 0 Å². The van der Waals surface area contributed by atoms with E-state index in [1.807, 2.05) is 12.1 Å². The molecule has 0 atom stereocenters. The van der Waals surface area contributed by atoms with Gasteiger partial charge in [-0.15, -0.1) is 0 Å². The third kappa shape index (κ3) is 3.24. The van der Waals surface area contributed by atoms with Crippen molar-refractivity contribution in [3.63, 3.8) is 0 Å². The highest BCUT2D eigenvalue weighted by Crippen LogP contribution is 2.13. The summed E-state index contributed by atoms with van der Waals surface area (Å²) < 4.78 is 5.15. The highest BCUT2D eigenvalue weighted by molar-refractivity contribution is 5.27. The number of hydrogen-bond acceptors (Lipinski definition) is 2. The first kappa shape index (κ1) is 11.5. The van der Waals surface area contributed by atoms with Gasteiger partial charge in [-0.1, -0.05) is 18.6 Å². The van der Waals surface area contributed by atoms with Crippen LogP contribution in [0.1, 0.15) is 24.8 Å². The lowest BCUT2D eigenvalue weighted by molar-refractivity contribution is 0.231. The molecule has 16 heavy (non-hydrogen) atoms. The minimum Gasteiger partial charge on any atom is -0.497 e. The van der Waals surface area contributed by atoms with Crippen LogP contribution in [0.15, 0.2) is 24.3 Å². The number of piperidine rings is 1. The van der Waals surface area contributed by atoms with E-state index in [9.17, 15) is 0 Å². The van der Waals surface area contributed by atoms with E-state index in [0.717, 1.165) is 12.2 Å². The Hall–Kier alpha value is -1.02. The second-order valence-corrected chi connectivity index (χ2v) is 4.50. The lowest BCUT2D eigenvalue weighted by atomic mass is 10.1. The van der Waals surface area contributed by atoms with E-state index < -0.39 is 0 Å². The lowest BCUT2D eigenvalue weighted by Crippen LogP contribution is -2.31.